The quantitative estimate of drug-likeness (QED) is 0.826. The molecule has 1 aromatic rings. The second kappa shape index (κ2) is 6.35. The third-order valence-corrected chi connectivity index (χ3v) is 2.70. The lowest BCUT2D eigenvalue weighted by Gasteiger charge is -2.18. The smallest absolute Gasteiger partial charge is 0.164 e. The van der Waals surface area contributed by atoms with Gasteiger partial charge >= 0.3 is 0 Å². The summed E-state index contributed by atoms with van der Waals surface area (Å²) in [6.07, 6.45) is 0. The molecule has 0 amide bonds. The summed E-state index contributed by atoms with van der Waals surface area (Å²) in [7, 11) is 3.26. The fourth-order valence-corrected chi connectivity index (χ4v) is 1.67. The zero-order chi connectivity index (χ0) is 12.8. The van der Waals surface area contributed by atoms with Crippen LogP contribution in [0.3, 0.4) is 0 Å². The Morgan fingerprint density at radius 3 is 2.24 bits per heavy atom. The summed E-state index contributed by atoms with van der Waals surface area (Å²) in [5.74, 6) is 2.40. The van der Waals surface area contributed by atoms with Gasteiger partial charge in [0.2, 0.25) is 0 Å². The van der Waals surface area contributed by atoms with Gasteiger partial charge in [-0.25, -0.2) is 0 Å². The van der Waals surface area contributed by atoms with Crippen LogP contribution in [-0.4, -0.2) is 27.4 Å². The number of nitrogens with two attached hydrogens (primary N) is 1. The van der Waals surface area contributed by atoms with Gasteiger partial charge < -0.3 is 19.9 Å². The van der Waals surface area contributed by atoms with E-state index in [4.69, 9.17) is 19.9 Å². The lowest BCUT2D eigenvalue weighted by molar-refractivity contribution is 0.307. The van der Waals surface area contributed by atoms with Gasteiger partial charge in [0.25, 0.3) is 0 Å². The van der Waals surface area contributed by atoms with Crippen molar-refractivity contribution in [1.82, 2.24) is 0 Å². The van der Waals surface area contributed by atoms with Gasteiger partial charge in [0.05, 0.1) is 20.8 Å². The molecule has 0 aliphatic rings. The van der Waals surface area contributed by atoms with Crippen LogP contribution in [0.4, 0.5) is 0 Å². The molecule has 1 aromatic carbocycles. The average molecular weight is 239 g/mol. The summed E-state index contributed by atoms with van der Waals surface area (Å²) in [4.78, 5) is 0. The maximum atomic E-state index is 5.69. The van der Waals surface area contributed by atoms with Crippen LogP contribution in [0.15, 0.2) is 12.1 Å². The van der Waals surface area contributed by atoms with E-state index >= 15 is 0 Å². The van der Waals surface area contributed by atoms with E-state index in [-0.39, 0.29) is 5.92 Å². The molecule has 0 bridgehead atoms. The molecule has 2 N–H and O–H groups in total. The monoisotopic (exact) mass is 239 g/mol. The van der Waals surface area contributed by atoms with E-state index < -0.39 is 0 Å². The van der Waals surface area contributed by atoms with Crippen LogP contribution in [0.5, 0.6) is 17.2 Å². The van der Waals surface area contributed by atoms with Crippen LogP contribution in [0.2, 0.25) is 0 Å². The SMILES string of the molecule is CCOc1cc(C(C)CN)c(OC)cc1OC. The summed E-state index contributed by atoms with van der Waals surface area (Å²) < 4.78 is 16.2. The summed E-state index contributed by atoms with van der Waals surface area (Å²) in [6, 6.07) is 3.78. The van der Waals surface area contributed by atoms with Crippen molar-refractivity contribution in [2.75, 3.05) is 27.4 Å². The van der Waals surface area contributed by atoms with Crippen LogP contribution >= 0.6 is 0 Å². The van der Waals surface area contributed by atoms with Crippen LogP contribution < -0.4 is 19.9 Å². The van der Waals surface area contributed by atoms with Gasteiger partial charge in [0.1, 0.15) is 5.75 Å². The largest absolute Gasteiger partial charge is 0.496 e. The molecule has 0 spiro atoms. The number of methoxy groups -OCH3 is 2. The Bertz CT molecular complexity index is 366. The minimum Gasteiger partial charge on any atom is -0.496 e. The third kappa shape index (κ3) is 3.03. The summed E-state index contributed by atoms with van der Waals surface area (Å²) in [5.41, 5.74) is 6.74. The van der Waals surface area contributed by atoms with E-state index in [1.54, 1.807) is 14.2 Å². The number of benzene rings is 1. The second-order valence-corrected chi connectivity index (χ2v) is 3.81. The highest BCUT2D eigenvalue weighted by Gasteiger charge is 2.15. The van der Waals surface area contributed by atoms with Crippen LogP contribution in [0.1, 0.15) is 25.3 Å². The van der Waals surface area contributed by atoms with Crippen molar-refractivity contribution in [3.05, 3.63) is 17.7 Å². The maximum Gasteiger partial charge on any atom is 0.164 e. The molecule has 4 heteroatoms. The highest BCUT2D eigenvalue weighted by molar-refractivity contribution is 5.52. The Hall–Kier alpha value is -1.42. The molecule has 0 aliphatic carbocycles. The highest BCUT2D eigenvalue weighted by atomic mass is 16.5. The van der Waals surface area contributed by atoms with Gasteiger partial charge in [-0.15, -0.1) is 0 Å². The van der Waals surface area contributed by atoms with Crippen LogP contribution in [-0.2, 0) is 0 Å². The fourth-order valence-electron chi connectivity index (χ4n) is 1.67. The first-order valence-corrected chi connectivity index (χ1v) is 5.76. The fraction of sp³-hybridized carbons (Fsp3) is 0.538. The first-order chi connectivity index (χ1) is 8.17. The molecule has 1 atom stereocenters. The van der Waals surface area contributed by atoms with E-state index in [0.717, 1.165) is 17.1 Å². The second-order valence-electron chi connectivity index (χ2n) is 3.81. The summed E-state index contributed by atoms with van der Waals surface area (Å²) in [6.45, 7) is 5.16. The van der Waals surface area contributed by atoms with Crippen molar-refractivity contribution < 1.29 is 14.2 Å². The molecule has 4 nitrogen and oxygen atoms in total. The van der Waals surface area contributed by atoms with E-state index in [1.807, 2.05) is 19.1 Å². The summed E-state index contributed by atoms with van der Waals surface area (Å²) >= 11 is 0. The Balaban J connectivity index is 3.23. The average Bonchev–Trinajstić information content (AvgIpc) is 2.37. The summed E-state index contributed by atoms with van der Waals surface area (Å²) in [5, 5.41) is 0. The van der Waals surface area contributed by atoms with E-state index in [9.17, 15) is 0 Å². The van der Waals surface area contributed by atoms with Crippen molar-refractivity contribution in [1.29, 1.82) is 0 Å². The van der Waals surface area contributed by atoms with Crippen molar-refractivity contribution in [3.63, 3.8) is 0 Å². The molecule has 96 valence electrons. The van der Waals surface area contributed by atoms with Crippen molar-refractivity contribution in [2.45, 2.75) is 19.8 Å². The minimum atomic E-state index is 0.218. The number of ether oxygens (including phenoxy) is 3. The van der Waals surface area contributed by atoms with Crippen molar-refractivity contribution in [2.24, 2.45) is 5.73 Å². The van der Waals surface area contributed by atoms with E-state index in [1.165, 1.54) is 0 Å². The van der Waals surface area contributed by atoms with Gasteiger partial charge in [-0.3, -0.25) is 0 Å². The molecule has 0 heterocycles. The molecular formula is C13H21NO3. The van der Waals surface area contributed by atoms with Gasteiger partial charge in [-0.05, 0) is 25.5 Å². The first-order valence-electron chi connectivity index (χ1n) is 5.76. The molecule has 0 fully saturated rings. The predicted molar refractivity (Wildman–Crippen MR) is 68.2 cm³/mol. The number of hydrogen-bond acceptors (Lipinski definition) is 4. The minimum absolute atomic E-state index is 0.218. The zero-order valence-corrected chi connectivity index (χ0v) is 10.9. The molecule has 0 aliphatic heterocycles. The number of rotatable bonds is 6. The van der Waals surface area contributed by atoms with Gasteiger partial charge in [0, 0.05) is 11.6 Å². The predicted octanol–water partition coefficient (Wildman–Crippen LogP) is 2.16. The highest BCUT2D eigenvalue weighted by Crippen LogP contribution is 2.37. The Labute approximate surface area is 103 Å². The maximum absolute atomic E-state index is 5.69. The molecule has 0 aromatic heterocycles. The molecule has 1 unspecified atom stereocenters. The molecule has 1 rings (SSSR count). The van der Waals surface area contributed by atoms with E-state index in [2.05, 4.69) is 6.92 Å². The van der Waals surface area contributed by atoms with Crippen LogP contribution in [0.25, 0.3) is 0 Å². The van der Waals surface area contributed by atoms with Crippen molar-refractivity contribution in [3.8, 4) is 17.2 Å². The first kappa shape index (κ1) is 13.6. The molecule has 0 radical (unpaired) electrons. The van der Waals surface area contributed by atoms with Gasteiger partial charge in [-0.1, -0.05) is 6.92 Å². The lowest BCUT2D eigenvalue weighted by atomic mass is 9.99. The standard InChI is InChI=1S/C13H21NO3/c1-5-17-13-6-10(9(2)8-14)11(15-3)7-12(13)16-4/h6-7,9H,5,8,14H2,1-4H3. The number of hydrogen-bond donors (Lipinski definition) is 1. The van der Waals surface area contributed by atoms with Gasteiger partial charge in [-0.2, -0.15) is 0 Å². The molecule has 17 heavy (non-hydrogen) atoms. The lowest BCUT2D eigenvalue weighted by Crippen LogP contribution is -2.10. The zero-order valence-electron chi connectivity index (χ0n) is 10.9. The van der Waals surface area contributed by atoms with E-state index in [0.29, 0.717) is 18.9 Å². The van der Waals surface area contributed by atoms with Crippen LogP contribution in [0, 0.1) is 0 Å². The molecular weight excluding hydrogens is 218 g/mol. The molecule has 0 saturated heterocycles. The van der Waals surface area contributed by atoms with Crippen molar-refractivity contribution >= 4 is 0 Å². The normalized spacial score (nSPS) is 12.1. The Kier molecular flexibility index (Phi) is 5.10. The van der Waals surface area contributed by atoms with Gasteiger partial charge in [0.15, 0.2) is 11.5 Å². The topological polar surface area (TPSA) is 53.7 Å². The Morgan fingerprint density at radius 1 is 1.12 bits per heavy atom. The molecule has 0 saturated carbocycles. The Morgan fingerprint density at radius 2 is 1.76 bits per heavy atom. The third-order valence-electron chi connectivity index (χ3n) is 2.70.